The molecule has 4 N–H and O–H groups in total. The molecule has 4 rings (SSSR count). The molecule has 0 atom stereocenters. The molecule has 2 aromatic carbocycles. The van der Waals surface area contributed by atoms with Crippen LogP contribution in [0.2, 0.25) is 0 Å². The molecule has 2 saturated carbocycles. The second kappa shape index (κ2) is 16.0. The van der Waals surface area contributed by atoms with Crippen molar-refractivity contribution in [3.63, 3.8) is 0 Å². The van der Waals surface area contributed by atoms with Crippen molar-refractivity contribution >= 4 is 29.6 Å². The number of nitrogens with one attached hydrogen (secondary N) is 2. The first-order chi connectivity index (χ1) is 19.1. The van der Waals surface area contributed by atoms with E-state index in [1.807, 2.05) is 53.7 Å². The van der Waals surface area contributed by atoms with Crippen LogP contribution >= 0.6 is 17.0 Å². The molecule has 6 nitrogen and oxygen atoms in total. The van der Waals surface area contributed by atoms with Crippen LogP contribution in [0, 0.1) is 0 Å². The van der Waals surface area contributed by atoms with Crippen LogP contribution in [0.3, 0.4) is 0 Å². The van der Waals surface area contributed by atoms with E-state index in [2.05, 4.69) is 6.52 Å². The van der Waals surface area contributed by atoms with Gasteiger partial charge in [-0.2, -0.15) is 0 Å². The molecule has 0 spiro atoms. The van der Waals surface area contributed by atoms with Gasteiger partial charge < -0.3 is 10.2 Å². The quantitative estimate of drug-likeness (QED) is 0.228. The maximum atomic E-state index is 10.5. The van der Waals surface area contributed by atoms with Gasteiger partial charge in [-0.1, -0.05) is 65.8 Å². The van der Waals surface area contributed by atoms with E-state index in [1.54, 1.807) is 24.3 Å². The van der Waals surface area contributed by atoms with E-state index < -0.39 is 18.5 Å². The summed E-state index contributed by atoms with van der Waals surface area (Å²) in [5.74, 6) is 0.204. The van der Waals surface area contributed by atoms with Crippen LogP contribution in [0.15, 0.2) is 36.4 Å². The first kappa shape index (κ1) is 36.0. The molecule has 0 unspecified atom stereocenters. The predicted octanol–water partition coefficient (Wildman–Crippen LogP) is 8.35. The zero-order valence-electron chi connectivity index (χ0n) is 25.4. The van der Waals surface area contributed by atoms with Crippen molar-refractivity contribution in [2.75, 3.05) is 0 Å². The third-order valence-electron chi connectivity index (χ3n) is 7.49. The SMILES string of the molecule is CC(C)(C)c1cccc(C=O)c1O.CC(C)(C)c1cccc(C=O)c1O.[Cl][Zr]([Cl])([NH]C1CCCC1)[NH]C1CCCC1. The van der Waals surface area contributed by atoms with Crippen LogP contribution < -0.4 is 6.52 Å². The van der Waals surface area contributed by atoms with Crippen molar-refractivity contribution in [3.8, 4) is 11.5 Å². The summed E-state index contributed by atoms with van der Waals surface area (Å²) in [6, 6.07) is 11.6. The van der Waals surface area contributed by atoms with Gasteiger partial charge in [0.15, 0.2) is 12.6 Å². The van der Waals surface area contributed by atoms with Gasteiger partial charge in [0.2, 0.25) is 0 Å². The molecule has 0 saturated heterocycles. The van der Waals surface area contributed by atoms with E-state index in [0.717, 1.165) is 11.1 Å². The Labute approximate surface area is 258 Å². The molecule has 0 amide bonds. The fourth-order valence-corrected chi connectivity index (χ4v) is 13.0. The van der Waals surface area contributed by atoms with E-state index >= 15 is 0 Å². The van der Waals surface area contributed by atoms with Crippen LogP contribution in [0.1, 0.15) is 125 Å². The minimum absolute atomic E-state index is 0.102. The average molecular weight is 687 g/mol. The normalized spacial score (nSPS) is 16.4. The summed E-state index contributed by atoms with van der Waals surface area (Å²) in [4.78, 5) is 21.1. The molecule has 228 valence electrons. The van der Waals surface area contributed by atoms with Gasteiger partial charge in [-0.15, -0.1) is 0 Å². The number of rotatable bonds is 6. The summed E-state index contributed by atoms with van der Waals surface area (Å²) in [6.45, 7) is 12.0. The molecule has 0 heterocycles. The van der Waals surface area contributed by atoms with Gasteiger partial charge >= 0.3 is 105 Å². The molecule has 2 aliphatic rings. The van der Waals surface area contributed by atoms with E-state index in [0.29, 0.717) is 35.8 Å². The van der Waals surface area contributed by atoms with E-state index in [9.17, 15) is 19.8 Å². The van der Waals surface area contributed by atoms with Crippen molar-refractivity contribution in [2.24, 2.45) is 0 Å². The first-order valence-corrected chi connectivity index (χ1v) is 23.4. The zero-order valence-corrected chi connectivity index (χ0v) is 29.4. The van der Waals surface area contributed by atoms with Gasteiger partial charge in [-0.05, 0) is 34.1 Å². The topological polar surface area (TPSA) is 98.7 Å². The Bertz CT molecular complexity index is 1050. The van der Waals surface area contributed by atoms with E-state index in [4.69, 9.17) is 17.0 Å². The number of hydrogen-bond donors (Lipinski definition) is 4. The van der Waals surface area contributed by atoms with Crippen molar-refractivity contribution in [3.05, 3.63) is 58.7 Å². The summed E-state index contributed by atoms with van der Waals surface area (Å²) < 4.78 is 7.02. The monoisotopic (exact) mass is 684 g/mol. The summed E-state index contributed by atoms with van der Waals surface area (Å²) in [6.07, 6.45) is 11.7. The van der Waals surface area contributed by atoms with Gasteiger partial charge in [0.25, 0.3) is 0 Å². The van der Waals surface area contributed by atoms with Crippen LogP contribution in [0.25, 0.3) is 0 Å². The Kier molecular flexibility index (Phi) is 14.0. The molecule has 9 heteroatoms. The van der Waals surface area contributed by atoms with Crippen LogP contribution in [0.5, 0.6) is 11.5 Å². The fourth-order valence-electron chi connectivity index (χ4n) is 5.22. The number of halogens is 2. The Morgan fingerprint density at radius 3 is 1.27 bits per heavy atom. The van der Waals surface area contributed by atoms with Crippen LogP contribution in [-0.4, -0.2) is 34.9 Å². The second-order valence-corrected chi connectivity index (χ2v) is 25.1. The van der Waals surface area contributed by atoms with Crippen molar-refractivity contribution in [1.82, 2.24) is 6.52 Å². The first-order valence-electron chi connectivity index (χ1n) is 14.6. The fraction of sp³-hybridized carbons (Fsp3) is 0.562. The Balaban J connectivity index is 0.000000216. The van der Waals surface area contributed by atoms with Gasteiger partial charge in [0, 0.05) is 0 Å². The molecular weight excluding hydrogens is 638 g/mol. The van der Waals surface area contributed by atoms with Crippen molar-refractivity contribution in [2.45, 2.75) is 116 Å². The standard InChI is InChI=1S/2C11H14O2.2C5H10N.2ClH.Zr/c2*1-11(2,3)9-6-4-5-8(7-12)10(9)13;2*6-5-3-1-2-4-5;;;/h2*4-7,13H,1-3H3;2*5-6H,1-4H2;2*1H;/q;;2*-1;;;+4/p-2. The zero-order chi connectivity index (χ0) is 30.8. The van der Waals surface area contributed by atoms with Gasteiger partial charge in [-0.25, -0.2) is 0 Å². The summed E-state index contributed by atoms with van der Waals surface area (Å²) in [5.41, 5.74) is 2.04. The second-order valence-electron chi connectivity index (χ2n) is 13.0. The Morgan fingerprint density at radius 1 is 0.683 bits per heavy atom. The number of carbonyl (C=O) groups excluding carboxylic acids is 2. The number of aldehydes is 2. The Hall–Kier alpha value is -1.24. The molecule has 0 bridgehead atoms. The molecule has 2 fully saturated rings. The average Bonchev–Trinajstić information content (AvgIpc) is 3.57. The summed E-state index contributed by atoms with van der Waals surface area (Å²) in [7, 11) is 12.9. The van der Waals surface area contributed by atoms with Crippen molar-refractivity contribution in [1.29, 1.82) is 0 Å². The molecule has 0 aromatic heterocycles. The third kappa shape index (κ3) is 11.8. The number of hydrogen-bond acceptors (Lipinski definition) is 6. The number of carbonyl (C=O) groups is 2. The molecule has 0 aliphatic heterocycles. The van der Waals surface area contributed by atoms with Crippen LogP contribution in [0.4, 0.5) is 0 Å². The Morgan fingerprint density at radius 2 is 1.00 bits per heavy atom. The molecule has 2 aliphatic carbocycles. The van der Waals surface area contributed by atoms with Crippen LogP contribution in [-0.2, 0) is 29.3 Å². The number of phenols is 2. The molecular formula is C32H48Cl2N2O4Zr. The third-order valence-corrected chi connectivity index (χ3v) is 13.9. The predicted molar refractivity (Wildman–Crippen MR) is 167 cm³/mol. The number of benzene rings is 2. The van der Waals surface area contributed by atoms with Gasteiger partial charge in [-0.3, -0.25) is 9.59 Å². The number of aromatic hydroxyl groups is 2. The summed E-state index contributed by atoms with van der Waals surface area (Å²) >= 11 is -3.14. The summed E-state index contributed by atoms with van der Waals surface area (Å²) in [5, 5.41) is 19.4. The van der Waals surface area contributed by atoms with Gasteiger partial charge in [0.05, 0.1) is 11.1 Å². The molecule has 41 heavy (non-hydrogen) atoms. The van der Waals surface area contributed by atoms with Crippen molar-refractivity contribution < 1.29 is 38.3 Å². The van der Waals surface area contributed by atoms with Gasteiger partial charge in [0.1, 0.15) is 11.5 Å². The van der Waals surface area contributed by atoms with E-state index in [1.165, 1.54) is 51.4 Å². The minimum atomic E-state index is -3.14. The molecule has 2 aromatic rings. The van der Waals surface area contributed by atoms with E-state index in [-0.39, 0.29) is 22.3 Å². The molecule has 0 radical (unpaired) electrons. The maximum absolute atomic E-state index is 10.5. The number of phenolic OH excluding ortho intramolecular Hbond substituents is 2. The number of para-hydroxylation sites is 2.